The number of carbonyl (C=O) groups excluding carboxylic acids is 2. The van der Waals surface area contributed by atoms with Gasteiger partial charge < -0.3 is 20.9 Å². The summed E-state index contributed by atoms with van der Waals surface area (Å²) in [5.41, 5.74) is 1.50. The van der Waals surface area contributed by atoms with Crippen LogP contribution in [-0.4, -0.2) is 50.6 Å². The SMILES string of the molecule is CC(C)CNC(=O)NCc1cccc(C(=O)NCCN(C)C)c1. The molecule has 128 valence electrons. The van der Waals surface area contributed by atoms with Crippen LogP contribution in [0.2, 0.25) is 0 Å². The molecule has 0 radical (unpaired) electrons. The highest BCUT2D eigenvalue weighted by atomic mass is 16.2. The first-order valence-corrected chi connectivity index (χ1v) is 7.92. The summed E-state index contributed by atoms with van der Waals surface area (Å²) in [6, 6.07) is 7.09. The molecule has 0 unspecified atom stereocenters. The van der Waals surface area contributed by atoms with Crippen LogP contribution in [0.15, 0.2) is 24.3 Å². The van der Waals surface area contributed by atoms with Crippen molar-refractivity contribution in [1.82, 2.24) is 20.9 Å². The van der Waals surface area contributed by atoms with E-state index in [1.807, 2.05) is 45.0 Å². The number of rotatable bonds is 8. The van der Waals surface area contributed by atoms with Gasteiger partial charge >= 0.3 is 6.03 Å². The van der Waals surface area contributed by atoms with Gasteiger partial charge in [0.05, 0.1) is 0 Å². The first-order valence-electron chi connectivity index (χ1n) is 7.92. The van der Waals surface area contributed by atoms with E-state index in [0.29, 0.717) is 31.1 Å². The summed E-state index contributed by atoms with van der Waals surface area (Å²) < 4.78 is 0. The maximum absolute atomic E-state index is 12.1. The molecule has 1 aromatic carbocycles. The molecular weight excluding hydrogens is 292 g/mol. The van der Waals surface area contributed by atoms with E-state index in [2.05, 4.69) is 16.0 Å². The van der Waals surface area contributed by atoms with Gasteiger partial charge in [-0.3, -0.25) is 4.79 Å². The van der Waals surface area contributed by atoms with Crippen LogP contribution in [0, 0.1) is 5.92 Å². The molecule has 3 N–H and O–H groups in total. The summed E-state index contributed by atoms with van der Waals surface area (Å²) >= 11 is 0. The molecule has 0 aliphatic carbocycles. The normalized spacial score (nSPS) is 10.7. The Balaban J connectivity index is 2.46. The number of hydrogen-bond acceptors (Lipinski definition) is 3. The zero-order chi connectivity index (χ0) is 17.2. The van der Waals surface area contributed by atoms with Gasteiger partial charge in [0.25, 0.3) is 5.91 Å². The summed E-state index contributed by atoms with van der Waals surface area (Å²) in [5.74, 6) is 0.313. The molecule has 0 spiro atoms. The van der Waals surface area contributed by atoms with Gasteiger partial charge in [-0.25, -0.2) is 4.79 Å². The van der Waals surface area contributed by atoms with Gasteiger partial charge in [-0.15, -0.1) is 0 Å². The van der Waals surface area contributed by atoms with Gasteiger partial charge in [0.1, 0.15) is 0 Å². The number of nitrogens with one attached hydrogen (secondary N) is 3. The number of amides is 3. The molecular formula is C17H28N4O2. The fraction of sp³-hybridized carbons (Fsp3) is 0.529. The zero-order valence-corrected chi connectivity index (χ0v) is 14.5. The number of likely N-dealkylation sites (N-methyl/N-ethyl adjacent to an activating group) is 1. The van der Waals surface area contributed by atoms with Gasteiger partial charge in [0.15, 0.2) is 0 Å². The van der Waals surface area contributed by atoms with Crippen molar-refractivity contribution in [2.75, 3.05) is 33.7 Å². The average Bonchev–Trinajstić information content (AvgIpc) is 2.50. The molecule has 0 atom stereocenters. The number of hydrogen-bond donors (Lipinski definition) is 3. The van der Waals surface area contributed by atoms with Crippen LogP contribution in [0.25, 0.3) is 0 Å². The first-order chi connectivity index (χ1) is 10.9. The Morgan fingerprint density at radius 3 is 2.52 bits per heavy atom. The highest BCUT2D eigenvalue weighted by Gasteiger charge is 2.07. The molecule has 6 nitrogen and oxygen atoms in total. The summed E-state index contributed by atoms with van der Waals surface area (Å²) in [7, 11) is 3.92. The van der Waals surface area contributed by atoms with E-state index in [0.717, 1.165) is 12.1 Å². The second kappa shape index (κ2) is 9.84. The van der Waals surface area contributed by atoms with Crippen LogP contribution >= 0.6 is 0 Å². The molecule has 0 saturated carbocycles. The van der Waals surface area contributed by atoms with Crippen LogP contribution in [0.5, 0.6) is 0 Å². The predicted octanol–water partition coefficient (Wildman–Crippen LogP) is 1.43. The van der Waals surface area contributed by atoms with Crippen molar-refractivity contribution in [3.05, 3.63) is 35.4 Å². The fourth-order valence-corrected chi connectivity index (χ4v) is 1.86. The van der Waals surface area contributed by atoms with Crippen LogP contribution < -0.4 is 16.0 Å². The molecule has 1 aromatic rings. The Kier molecular flexibility index (Phi) is 8.11. The highest BCUT2D eigenvalue weighted by molar-refractivity contribution is 5.94. The third-order valence-electron chi connectivity index (χ3n) is 3.16. The minimum Gasteiger partial charge on any atom is -0.351 e. The predicted molar refractivity (Wildman–Crippen MR) is 92.4 cm³/mol. The first kappa shape index (κ1) is 19.0. The lowest BCUT2D eigenvalue weighted by atomic mass is 10.1. The maximum atomic E-state index is 12.1. The van der Waals surface area contributed by atoms with Crippen molar-refractivity contribution in [3.63, 3.8) is 0 Å². The molecule has 3 amide bonds. The monoisotopic (exact) mass is 320 g/mol. The van der Waals surface area contributed by atoms with E-state index in [1.54, 1.807) is 12.1 Å². The third kappa shape index (κ3) is 8.21. The molecule has 0 fully saturated rings. The van der Waals surface area contributed by atoms with E-state index in [1.165, 1.54) is 0 Å². The van der Waals surface area contributed by atoms with Crippen molar-refractivity contribution in [3.8, 4) is 0 Å². The largest absolute Gasteiger partial charge is 0.351 e. The van der Waals surface area contributed by atoms with Crippen molar-refractivity contribution >= 4 is 11.9 Å². The zero-order valence-electron chi connectivity index (χ0n) is 14.5. The molecule has 0 bridgehead atoms. The molecule has 0 heterocycles. The second-order valence-corrected chi connectivity index (χ2v) is 6.22. The Bertz CT molecular complexity index is 515. The van der Waals surface area contributed by atoms with Crippen LogP contribution in [0.3, 0.4) is 0 Å². The summed E-state index contributed by atoms with van der Waals surface area (Å²) in [6.07, 6.45) is 0. The highest BCUT2D eigenvalue weighted by Crippen LogP contribution is 2.05. The van der Waals surface area contributed by atoms with Crippen molar-refractivity contribution in [2.24, 2.45) is 5.92 Å². The lowest BCUT2D eigenvalue weighted by Gasteiger charge is -2.12. The van der Waals surface area contributed by atoms with Crippen molar-refractivity contribution in [2.45, 2.75) is 20.4 Å². The van der Waals surface area contributed by atoms with E-state index in [4.69, 9.17) is 0 Å². The van der Waals surface area contributed by atoms with Crippen molar-refractivity contribution in [1.29, 1.82) is 0 Å². The second-order valence-electron chi connectivity index (χ2n) is 6.22. The summed E-state index contributed by atoms with van der Waals surface area (Å²) in [6.45, 7) is 6.51. The number of benzene rings is 1. The topological polar surface area (TPSA) is 73.5 Å². The molecule has 6 heteroatoms. The maximum Gasteiger partial charge on any atom is 0.315 e. The molecule has 0 aromatic heterocycles. The Morgan fingerprint density at radius 2 is 1.87 bits per heavy atom. The Morgan fingerprint density at radius 1 is 1.13 bits per heavy atom. The van der Waals surface area contributed by atoms with E-state index in [9.17, 15) is 9.59 Å². The molecule has 1 rings (SSSR count). The van der Waals surface area contributed by atoms with Crippen molar-refractivity contribution < 1.29 is 9.59 Å². The van der Waals surface area contributed by atoms with Gasteiger partial charge in [-0.05, 0) is 37.7 Å². The Labute approximate surface area is 138 Å². The van der Waals surface area contributed by atoms with Gasteiger partial charge in [-0.1, -0.05) is 26.0 Å². The molecule has 0 aliphatic heterocycles. The van der Waals surface area contributed by atoms with E-state index >= 15 is 0 Å². The summed E-state index contributed by atoms with van der Waals surface area (Å²) in [5, 5.41) is 8.46. The molecule has 0 saturated heterocycles. The third-order valence-corrected chi connectivity index (χ3v) is 3.16. The summed E-state index contributed by atoms with van der Waals surface area (Å²) in [4.78, 5) is 25.7. The lowest BCUT2D eigenvalue weighted by molar-refractivity contribution is 0.0951. The average molecular weight is 320 g/mol. The van der Waals surface area contributed by atoms with E-state index < -0.39 is 0 Å². The molecule has 23 heavy (non-hydrogen) atoms. The van der Waals surface area contributed by atoms with Crippen LogP contribution in [-0.2, 0) is 6.54 Å². The molecule has 0 aliphatic rings. The number of nitrogens with zero attached hydrogens (tertiary/aromatic N) is 1. The minimum atomic E-state index is -0.195. The van der Waals surface area contributed by atoms with Gasteiger partial charge in [0, 0.05) is 31.7 Å². The minimum absolute atomic E-state index is 0.0991. The van der Waals surface area contributed by atoms with Crippen LogP contribution in [0.4, 0.5) is 4.79 Å². The van der Waals surface area contributed by atoms with Gasteiger partial charge in [0.2, 0.25) is 0 Å². The lowest BCUT2D eigenvalue weighted by Crippen LogP contribution is -2.37. The standard InChI is InChI=1S/C17H28N4O2/c1-13(2)11-19-17(23)20-12-14-6-5-7-15(10-14)16(22)18-8-9-21(3)4/h5-7,10,13H,8-9,11-12H2,1-4H3,(H,18,22)(H2,19,20,23). The van der Waals surface area contributed by atoms with E-state index in [-0.39, 0.29) is 11.9 Å². The fourth-order valence-electron chi connectivity index (χ4n) is 1.86. The van der Waals surface area contributed by atoms with Crippen LogP contribution in [0.1, 0.15) is 29.8 Å². The quantitative estimate of drug-likeness (QED) is 0.678. The van der Waals surface area contributed by atoms with Gasteiger partial charge in [-0.2, -0.15) is 0 Å². The smallest absolute Gasteiger partial charge is 0.315 e. The number of urea groups is 1. The Hall–Kier alpha value is -2.08. The number of carbonyl (C=O) groups is 2.